The van der Waals surface area contributed by atoms with Crippen LogP contribution in [-0.4, -0.2) is 41.1 Å². The first-order valence-corrected chi connectivity index (χ1v) is 5.27. The minimum atomic E-state index is -1.06. The van der Waals surface area contributed by atoms with Gasteiger partial charge in [-0.1, -0.05) is 0 Å². The summed E-state index contributed by atoms with van der Waals surface area (Å²) in [5.74, 6) is -0.904. The quantitative estimate of drug-likeness (QED) is 0.684. The first-order chi connectivity index (χ1) is 6.52. The normalized spacial score (nSPS) is 22.1. The van der Waals surface area contributed by atoms with E-state index in [1.165, 1.54) is 12.8 Å². The summed E-state index contributed by atoms with van der Waals surface area (Å²) in [5, 5.41) is 8.79. The summed E-state index contributed by atoms with van der Waals surface area (Å²) in [7, 11) is 0. The number of carboxylic acid groups (broad SMARTS) is 1. The molecule has 0 amide bonds. The fourth-order valence-electron chi connectivity index (χ4n) is 1.78. The molecular weight excluding hydrogens is 180 g/mol. The van der Waals surface area contributed by atoms with Crippen molar-refractivity contribution >= 4 is 5.97 Å². The van der Waals surface area contributed by atoms with Gasteiger partial charge in [0.15, 0.2) is 0 Å². The Morgan fingerprint density at radius 3 is 2.57 bits per heavy atom. The van der Waals surface area contributed by atoms with Gasteiger partial charge in [0.25, 0.3) is 0 Å². The van der Waals surface area contributed by atoms with Crippen LogP contribution in [0.2, 0.25) is 0 Å². The van der Waals surface area contributed by atoms with Gasteiger partial charge in [0.2, 0.25) is 0 Å². The van der Waals surface area contributed by atoms with Crippen LogP contribution in [0.5, 0.6) is 0 Å². The molecule has 1 aliphatic rings. The lowest BCUT2D eigenvalue weighted by molar-refractivity contribution is -0.142. The Morgan fingerprint density at radius 1 is 1.50 bits per heavy atom. The third-order valence-electron chi connectivity index (χ3n) is 2.86. The third kappa shape index (κ3) is 3.27. The first kappa shape index (κ1) is 11.5. The van der Waals surface area contributed by atoms with Crippen LogP contribution in [0, 0.1) is 0 Å². The lowest BCUT2D eigenvalue weighted by atomic mass is 9.97. The number of carbonyl (C=O) groups is 1. The van der Waals surface area contributed by atoms with Crippen LogP contribution in [0.25, 0.3) is 0 Å². The largest absolute Gasteiger partial charge is 0.480 e. The van der Waals surface area contributed by atoms with Crippen molar-refractivity contribution in [3.63, 3.8) is 0 Å². The highest BCUT2D eigenvalue weighted by Crippen LogP contribution is 2.12. The molecule has 0 aromatic carbocycles. The van der Waals surface area contributed by atoms with Gasteiger partial charge in [-0.25, -0.2) is 0 Å². The number of nitrogens with two attached hydrogens (primary N) is 1. The van der Waals surface area contributed by atoms with Crippen LogP contribution in [0.1, 0.15) is 32.6 Å². The van der Waals surface area contributed by atoms with Crippen LogP contribution < -0.4 is 5.73 Å². The SMILES string of the molecule is CC(N)(CCCN1CCCC1)C(=O)O. The minimum absolute atomic E-state index is 0.554. The summed E-state index contributed by atoms with van der Waals surface area (Å²) in [5.41, 5.74) is 4.57. The summed E-state index contributed by atoms with van der Waals surface area (Å²) in [4.78, 5) is 13.1. The van der Waals surface area contributed by atoms with Crippen molar-refractivity contribution < 1.29 is 9.90 Å². The van der Waals surface area contributed by atoms with Gasteiger partial charge < -0.3 is 15.7 Å². The molecule has 1 unspecified atom stereocenters. The van der Waals surface area contributed by atoms with Gasteiger partial charge in [-0.3, -0.25) is 4.79 Å². The molecule has 0 saturated carbocycles. The monoisotopic (exact) mass is 200 g/mol. The van der Waals surface area contributed by atoms with E-state index in [1.54, 1.807) is 6.92 Å². The number of carboxylic acids is 1. The molecule has 0 spiro atoms. The van der Waals surface area contributed by atoms with Crippen molar-refractivity contribution in [2.45, 2.75) is 38.1 Å². The summed E-state index contributed by atoms with van der Waals surface area (Å²) in [6.07, 6.45) is 3.98. The smallest absolute Gasteiger partial charge is 0.323 e. The summed E-state index contributed by atoms with van der Waals surface area (Å²) in [6.45, 7) is 4.89. The second-order valence-electron chi connectivity index (χ2n) is 4.37. The zero-order valence-corrected chi connectivity index (χ0v) is 8.83. The van der Waals surface area contributed by atoms with Crippen molar-refractivity contribution in [2.75, 3.05) is 19.6 Å². The summed E-state index contributed by atoms with van der Waals surface area (Å²) < 4.78 is 0. The van der Waals surface area contributed by atoms with E-state index >= 15 is 0 Å². The lowest BCUT2D eigenvalue weighted by Gasteiger charge is -2.21. The molecule has 0 radical (unpaired) electrons. The van der Waals surface area contributed by atoms with E-state index in [0.717, 1.165) is 26.1 Å². The van der Waals surface area contributed by atoms with Crippen molar-refractivity contribution in [3.8, 4) is 0 Å². The lowest BCUT2D eigenvalue weighted by Crippen LogP contribution is -2.45. The van der Waals surface area contributed by atoms with Crippen LogP contribution in [0.4, 0.5) is 0 Å². The van der Waals surface area contributed by atoms with Crippen LogP contribution in [0.15, 0.2) is 0 Å². The van der Waals surface area contributed by atoms with E-state index in [4.69, 9.17) is 10.8 Å². The zero-order chi connectivity index (χ0) is 10.6. The standard InChI is InChI=1S/C10H20N2O2/c1-10(11,9(13)14)5-4-8-12-6-2-3-7-12/h2-8,11H2,1H3,(H,13,14). The van der Waals surface area contributed by atoms with Crippen LogP contribution in [0.3, 0.4) is 0 Å². The molecule has 0 bridgehead atoms. The Hall–Kier alpha value is -0.610. The molecule has 0 aliphatic carbocycles. The molecular formula is C10H20N2O2. The molecule has 1 saturated heterocycles. The van der Waals surface area contributed by atoms with Crippen LogP contribution in [-0.2, 0) is 4.79 Å². The summed E-state index contributed by atoms with van der Waals surface area (Å²) >= 11 is 0. The molecule has 14 heavy (non-hydrogen) atoms. The molecule has 3 N–H and O–H groups in total. The highest BCUT2D eigenvalue weighted by molar-refractivity contribution is 5.77. The summed E-state index contributed by atoms with van der Waals surface area (Å²) in [6, 6.07) is 0. The maximum Gasteiger partial charge on any atom is 0.323 e. The van der Waals surface area contributed by atoms with Gasteiger partial charge in [-0.05, 0) is 52.2 Å². The van der Waals surface area contributed by atoms with Gasteiger partial charge in [-0.15, -0.1) is 0 Å². The van der Waals surface area contributed by atoms with Crippen molar-refractivity contribution in [1.82, 2.24) is 4.90 Å². The second-order valence-corrected chi connectivity index (χ2v) is 4.37. The highest BCUT2D eigenvalue weighted by atomic mass is 16.4. The van der Waals surface area contributed by atoms with E-state index in [-0.39, 0.29) is 0 Å². The maximum atomic E-state index is 10.7. The molecule has 1 heterocycles. The van der Waals surface area contributed by atoms with E-state index in [1.807, 2.05) is 0 Å². The fraction of sp³-hybridized carbons (Fsp3) is 0.900. The molecule has 4 heteroatoms. The molecule has 1 fully saturated rings. The number of hydrogen-bond acceptors (Lipinski definition) is 3. The fourth-order valence-corrected chi connectivity index (χ4v) is 1.78. The molecule has 1 rings (SSSR count). The van der Waals surface area contributed by atoms with Crippen molar-refractivity contribution in [3.05, 3.63) is 0 Å². The molecule has 82 valence electrons. The molecule has 1 aliphatic heterocycles. The Morgan fingerprint density at radius 2 is 2.07 bits per heavy atom. The van der Waals surface area contributed by atoms with Gasteiger partial charge in [0.1, 0.15) is 5.54 Å². The number of nitrogens with zero attached hydrogens (tertiary/aromatic N) is 1. The maximum absolute atomic E-state index is 10.7. The Bertz CT molecular complexity index is 198. The van der Waals surface area contributed by atoms with E-state index in [0.29, 0.717) is 6.42 Å². The zero-order valence-electron chi connectivity index (χ0n) is 8.83. The van der Waals surface area contributed by atoms with Gasteiger partial charge in [0.05, 0.1) is 0 Å². The second kappa shape index (κ2) is 4.75. The van der Waals surface area contributed by atoms with Gasteiger partial charge in [0, 0.05) is 0 Å². The number of likely N-dealkylation sites (tertiary alicyclic amines) is 1. The first-order valence-electron chi connectivity index (χ1n) is 5.27. The van der Waals surface area contributed by atoms with Crippen molar-refractivity contribution in [2.24, 2.45) is 5.73 Å². The van der Waals surface area contributed by atoms with Crippen molar-refractivity contribution in [1.29, 1.82) is 0 Å². The average molecular weight is 200 g/mol. The van der Waals surface area contributed by atoms with Crippen LogP contribution >= 0.6 is 0 Å². The number of aliphatic carboxylic acids is 1. The van der Waals surface area contributed by atoms with E-state index in [9.17, 15) is 4.79 Å². The highest BCUT2D eigenvalue weighted by Gasteiger charge is 2.27. The molecule has 1 atom stereocenters. The number of hydrogen-bond donors (Lipinski definition) is 2. The van der Waals surface area contributed by atoms with Gasteiger partial charge in [-0.2, -0.15) is 0 Å². The molecule has 0 aromatic rings. The third-order valence-corrected chi connectivity index (χ3v) is 2.86. The predicted molar refractivity (Wildman–Crippen MR) is 55.1 cm³/mol. The Balaban J connectivity index is 2.16. The Labute approximate surface area is 85.1 Å². The van der Waals surface area contributed by atoms with E-state index < -0.39 is 11.5 Å². The molecule has 4 nitrogen and oxygen atoms in total. The Kier molecular flexibility index (Phi) is 3.89. The van der Waals surface area contributed by atoms with E-state index in [2.05, 4.69) is 4.90 Å². The topological polar surface area (TPSA) is 66.6 Å². The average Bonchev–Trinajstić information content (AvgIpc) is 2.56. The molecule has 0 aromatic heterocycles. The minimum Gasteiger partial charge on any atom is -0.480 e. The van der Waals surface area contributed by atoms with Gasteiger partial charge >= 0.3 is 5.97 Å². The predicted octanol–water partition coefficient (Wildman–Crippen LogP) is 0.664. The number of rotatable bonds is 5.